The lowest BCUT2D eigenvalue weighted by molar-refractivity contribution is -0.157. The number of carbonyl (C=O) groups excluding carboxylic acids is 2. The van der Waals surface area contributed by atoms with Crippen LogP contribution < -0.4 is 0 Å². The van der Waals surface area contributed by atoms with Crippen LogP contribution in [-0.2, 0) is 30.2 Å². The SMILES string of the molecule is CC(=O)OCC[C@H]1O[C@@H](Cc2ccc(I)cc2)C=C[C@@H]1OC(C)=O. The molecule has 0 aliphatic carbocycles. The fourth-order valence-corrected chi connectivity index (χ4v) is 2.89. The van der Waals surface area contributed by atoms with Gasteiger partial charge in [-0.1, -0.05) is 18.2 Å². The van der Waals surface area contributed by atoms with E-state index < -0.39 is 6.10 Å². The Morgan fingerprint density at radius 3 is 2.46 bits per heavy atom. The van der Waals surface area contributed by atoms with Crippen LogP contribution in [0.3, 0.4) is 0 Å². The Morgan fingerprint density at radius 2 is 1.83 bits per heavy atom. The molecule has 0 unspecified atom stereocenters. The molecule has 6 heteroatoms. The van der Waals surface area contributed by atoms with Crippen LogP contribution in [0.15, 0.2) is 36.4 Å². The lowest BCUT2D eigenvalue weighted by atomic mass is 10.0. The van der Waals surface area contributed by atoms with E-state index in [0.717, 1.165) is 6.42 Å². The molecular formula is C18H21IO5. The number of rotatable bonds is 6. The van der Waals surface area contributed by atoms with E-state index in [0.29, 0.717) is 6.42 Å². The predicted octanol–water partition coefficient (Wildman–Crippen LogP) is 3.04. The van der Waals surface area contributed by atoms with Crippen molar-refractivity contribution in [2.45, 2.75) is 45.0 Å². The van der Waals surface area contributed by atoms with E-state index in [1.165, 1.54) is 23.0 Å². The number of hydrogen-bond donors (Lipinski definition) is 0. The van der Waals surface area contributed by atoms with Gasteiger partial charge in [0.1, 0.15) is 12.2 Å². The summed E-state index contributed by atoms with van der Waals surface area (Å²) in [6.07, 6.45) is 4.13. The van der Waals surface area contributed by atoms with Crippen LogP contribution in [0, 0.1) is 3.57 Å². The molecule has 24 heavy (non-hydrogen) atoms. The highest BCUT2D eigenvalue weighted by Crippen LogP contribution is 2.22. The summed E-state index contributed by atoms with van der Waals surface area (Å²) in [5.41, 5.74) is 1.18. The number of benzene rings is 1. The van der Waals surface area contributed by atoms with Gasteiger partial charge in [-0.2, -0.15) is 0 Å². The summed E-state index contributed by atoms with van der Waals surface area (Å²) in [5, 5.41) is 0. The summed E-state index contributed by atoms with van der Waals surface area (Å²) in [4.78, 5) is 22.2. The standard InChI is InChI=1S/C18H21IO5/c1-12(20)22-10-9-18-17(23-13(2)21)8-7-16(24-18)11-14-3-5-15(19)6-4-14/h3-8,16-18H,9-11H2,1-2H3/t16-,17+,18-/m1/s1. The summed E-state index contributed by atoms with van der Waals surface area (Å²) in [7, 11) is 0. The summed E-state index contributed by atoms with van der Waals surface area (Å²) in [5.74, 6) is -0.692. The molecule has 0 spiro atoms. The minimum absolute atomic E-state index is 0.0980. The highest BCUT2D eigenvalue weighted by Gasteiger charge is 2.29. The fraction of sp³-hybridized carbons (Fsp3) is 0.444. The molecule has 2 rings (SSSR count). The van der Waals surface area contributed by atoms with Gasteiger partial charge >= 0.3 is 11.9 Å². The average molecular weight is 444 g/mol. The molecule has 1 aliphatic heterocycles. The fourth-order valence-electron chi connectivity index (χ4n) is 2.53. The largest absolute Gasteiger partial charge is 0.466 e. The smallest absolute Gasteiger partial charge is 0.303 e. The van der Waals surface area contributed by atoms with Crippen LogP contribution >= 0.6 is 22.6 Å². The molecule has 0 amide bonds. The first-order valence-corrected chi connectivity index (χ1v) is 8.90. The van der Waals surface area contributed by atoms with E-state index in [4.69, 9.17) is 14.2 Å². The van der Waals surface area contributed by atoms with Gasteiger partial charge < -0.3 is 14.2 Å². The third-order valence-electron chi connectivity index (χ3n) is 3.59. The zero-order valence-electron chi connectivity index (χ0n) is 13.7. The molecule has 1 aromatic rings. The second kappa shape index (κ2) is 9.17. The maximum atomic E-state index is 11.2. The molecule has 1 aromatic carbocycles. The van der Waals surface area contributed by atoms with Crippen LogP contribution in [-0.4, -0.2) is 36.9 Å². The third-order valence-corrected chi connectivity index (χ3v) is 4.31. The van der Waals surface area contributed by atoms with Crippen LogP contribution in [0.1, 0.15) is 25.8 Å². The molecule has 5 nitrogen and oxygen atoms in total. The Balaban J connectivity index is 1.99. The van der Waals surface area contributed by atoms with Gasteiger partial charge in [-0.05, 0) is 46.4 Å². The normalized spacial score (nSPS) is 22.9. The molecule has 0 saturated heterocycles. The minimum Gasteiger partial charge on any atom is -0.466 e. The molecule has 1 aliphatic rings. The van der Waals surface area contributed by atoms with Crippen LogP contribution in [0.5, 0.6) is 0 Å². The van der Waals surface area contributed by atoms with Gasteiger partial charge in [0, 0.05) is 30.3 Å². The first-order valence-electron chi connectivity index (χ1n) is 7.83. The maximum Gasteiger partial charge on any atom is 0.303 e. The van der Waals surface area contributed by atoms with E-state index in [1.807, 2.05) is 12.2 Å². The predicted molar refractivity (Wildman–Crippen MR) is 97.5 cm³/mol. The zero-order valence-corrected chi connectivity index (χ0v) is 15.9. The van der Waals surface area contributed by atoms with E-state index in [2.05, 4.69) is 46.9 Å². The van der Waals surface area contributed by atoms with Crippen molar-refractivity contribution in [3.63, 3.8) is 0 Å². The highest BCUT2D eigenvalue weighted by molar-refractivity contribution is 14.1. The molecule has 0 aromatic heterocycles. The van der Waals surface area contributed by atoms with Crippen molar-refractivity contribution < 1.29 is 23.8 Å². The molecule has 0 fully saturated rings. The van der Waals surface area contributed by atoms with E-state index >= 15 is 0 Å². The summed E-state index contributed by atoms with van der Waals surface area (Å²) in [6, 6.07) is 8.26. The maximum absolute atomic E-state index is 11.2. The van der Waals surface area contributed by atoms with Gasteiger partial charge in [0.15, 0.2) is 0 Å². The van der Waals surface area contributed by atoms with Crippen molar-refractivity contribution in [2.75, 3.05) is 6.61 Å². The Morgan fingerprint density at radius 1 is 1.12 bits per heavy atom. The van der Waals surface area contributed by atoms with Gasteiger partial charge in [-0.3, -0.25) is 9.59 Å². The molecule has 0 bridgehead atoms. The van der Waals surface area contributed by atoms with Crippen molar-refractivity contribution in [3.8, 4) is 0 Å². The molecule has 0 saturated carbocycles. The summed E-state index contributed by atoms with van der Waals surface area (Å²) in [6.45, 7) is 2.97. The summed E-state index contributed by atoms with van der Waals surface area (Å²) >= 11 is 2.27. The monoisotopic (exact) mass is 444 g/mol. The summed E-state index contributed by atoms with van der Waals surface area (Å²) < 4.78 is 17.5. The first-order chi connectivity index (χ1) is 11.4. The van der Waals surface area contributed by atoms with E-state index in [-0.39, 0.29) is 30.8 Å². The van der Waals surface area contributed by atoms with Crippen molar-refractivity contribution in [1.29, 1.82) is 0 Å². The van der Waals surface area contributed by atoms with Crippen molar-refractivity contribution in [2.24, 2.45) is 0 Å². The first kappa shape index (κ1) is 18.9. The quantitative estimate of drug-likeness (QED) is 0.384. The van der Waals surface area contributed by atoms with Gasteiger partial charge in [0.2, 0.25) is 0 Å². The number of esters is 2. The molecule has 0 radical (unpaired) electrons. The van der Waals surface area contributed by atoms with Crippen LogP contribution in [0.2, 0.25) is 0 Å². The Labute approximate surface area is 155 Å². The van der Waals surface area contributed by atoms with E-state index in [1.54, 1.807) is 0 Å². The van der Waals surface area contributed by atoms with Crippen molar-refractivity contribution >= 4 is 34.5 Å². The second-order valence-electron chi connectivity index (χ2n) is 5.63. The van der Waals surface area contributed by atoms with Crippen molar-refractivity contribution in [3.05, 3.63) is 45.6 Å². The number of hydrogen-bond acceptors (Lipinski definition) is 5. The second-order valence-corrected chi connectivity index (χ2v) is 6.88. The van der Waals surface area contributed by atoms with Gasteiger partial charge in [-0.15, -0.1) is 0 Å². The topological polar surface area (TPSA) is 61.8 Å². The van der Waals surface area contributed by atoms with Gasteiger partial charge in [-0.25, -0.2) is 0 Å². The number of ether oxygens (including phenoxy) is 3. The lowest BCUT2D eigenvalue weighted by Gasteiger charge is -2.32. The van der Waals surface area contributed by atoms with Gasteiger partial charge in [0.25, 0.3) is 0 Å². The average Bonchev–Trinajstić information content (AvgIpc) is 2.51. The third kappa shape index (κ3) is 6.24. The Bertz CT molecular complexity index is 596. The zero-order chi connectivity index (χ0) is 17.5. The molecule has 1 heterocycles. The minimum atomic E-state index is -0.453. The lowest BCUT2D eigenvalue weighted by Crippen LogP contribution is -2.39. The Hall–Kier alpha value is -1.41. The van der Waals surface area contributed by atoms with Crippen molar-refractivity contribution in [1.82, 2.24) is 0 Å². The molecule has 3 atom stereocenters. The van der Waals surface area contributed by atoms with E-state index in [9.17, 15) is 9.59 Å². The number of halogens is 1. The molecule has 0 N–H and O–H groups in total. The van der Waals surface area contributed by atoms with Gasteiger partial charge in [0.05, 0.1) is 12.7 Å². The van der Waals surface area contributed by atoms with Crippen LogP contribution in [0.4, 0.5) is 0 Å². The Kier molecular flexibility index (Phi) is 7.23. The van der Waals surface area contributed by atoms with Crippen LogP contribution in [0.25, 0.3) is 0 Å². The molecular weight excluding hydrogens is 423 g/mol. The number of carbonyl (C=O) groups is 2. The highest BCUT2D eigenvalue weighted by atomic mass is 127. The molecule has 130 valence electrons.